The standard InChI is InChI=1S/C18H34N2O/c1-13-10-20(12-16(13)19(5)6)11-14-9-15(18(2,3)4)7-8-17(14)21/h13-16H,7-12H2,1-6H3. The number of likely N-dealkylation sites (tertiary alicyclic amines) is 1. The summed E-state index contributed by atoms with van der Waals surface area (Å²) in [5.74, 6) is 2.19. The summed E-state index contributed by atoms with van der Waals surface area (Å²) in [6.45, 7) is 12.6. The van der Waals surface area contributed by atoms with E-state index < -0.39 is 0 Å². The molecule has 0 amide bonds. The van der Waals surface area contributed by atoms with Crippen molar-refractivity contribution in [1.82, 2.24) is 9.80 Å². The van der Waals surface area contributed by atoms with Crippen molar-refractivity contribution in [3.8, 4) is 0 Å². The third kappa shape index (κ3) is 4.07. The Balaban J connectivity index is 1.94. The van der Waals surface area contributed by atoms with Gasteiger partial charge in [0.1, 0.15) is 5.78 Å². The predicted octanol–water partition coefficient (Wildman–Crippen LogP) is 2.90. The molecule has 0 N–H and O–H groups in total. The number of ketones is 1. The predicted molar refractivity (Wildman–Crippen MR) is 88.4 cm³/mol. The molecule has 122 valence electrons. The molecule has 0 aromatic rings. The molecule has 0 aromatic carbocycles. The van der Waals surface area contributed by atoms with Crippen molar-refractivity contribution in [2.24, 2.45) is 23.2 Å². The van der Waals surface area contributed by atoms with Crippen LogP contribution in [0.3, 0.4) is 0 Å². The van der Waals surface area contributed by atoms with Gasteiger partial charge in [0.15, 0.2) is 0 Å². The lowest BCUT2D eigenvalue weighted by atomic mass is 9.68. The first-order valence-corrected chi connectivity index (χ1v) is 8.60. The minimum atomic E-state index is 0.274. The van der Waals surface area contributed by atoms with Crippen molar-refractivity contribution >= 4 is 5.78 Å². The van der Waals surface area contributed by atoms with Crippen LogP contribution in [0.15, 0.2) is 0 Å². The van der Waals surface area contributed by atoms with E-state index in [9.17, 15) is 4.79 Å². The summed E-state index contributed by atoms with van der Waals surface area (Å²) in [5, 5.41) is 0. The topological polar surface area (TPSA) is 23.6 Å². The summed E-state index contributed by atoms with van der Waals surface area (Å²) < 4.78 is 0. The lowest BCUT2D eigenvalue weighted by Crippen LogP contribution is -2.39. The number of rotatable bonds is 3. The highest BCUT2D eigenvalue weighted by Crippen LogP contribution is 2.39. The zero-order chi connectivity index (χ0) is 15.8. The van der Waals surface area contributed by atoms with Gasteiger partial charge in [-0.05, 0) is 44.2 Å². The average Bonchev–Trinajstić information content (AvgIpc) is 2.72. The van der Waals surface area contributed by atoms with Crippen molar-refractivity contribution in [2.75, 3.05) is 33.7 Å². The summed E-state index contributed by atoms with van der Waals surface area (Å²) in [7, 11) is 4.35. The highest BCUT2D eigenvalue weighted by atomic mass is 16.1. The summed E-state index contributed by atoms with van der Waals surface area (Å²) in [6, 6.07) is 0.641. The quantitative estimate of drug-likeness (QED) is 0.799. The molecule has 0 radical (unpaired) electrons. The monoisotopic (exact) mass is 294 g/mol. The smallest absolute Gasteiger partial charge is 0.137 e. The first-order valence-electron chi connectivity index (χ1n) is 8.60. The van der Waals surface area contributed by atoms with Gasteiger partial charge >= 0.3 is 0 Å². The van der Waals surface area contributed by atoms with Crippen molar-refractivity contribution in [3.05, 3.63) is 0 Å². The van der Waals surface area contributed by atoms with Crippen LogP contribution in [0.1, 0.15) is 47.0 Å². The summed E-state index contributed by atoms with van der Waals surface area (Å²) >= 11 is 0. The van der Waals surface area contributed by atoms with Crippen molar-refractivity contribution in [3.63, 3.8) is 0 Å². The van der Waals surface area contributed by atoms with E-state index in [0.717, 1.165) is 38.9 Å². The highest BCUT2D eigenvalue weighted by Gasteiger charge is 2.38. The number of nitrogens with zero attached hydrogens (tertiary/aromatic N) is 2. The Labute approximate surface area is 131 Å². The van der Waals surface area contributed by atoms with Crippen LogP contribution >= 0.6 is 0 Å². The van der Waals surface area contributed by atoms with Crippen LogP contribution in [0.2, 0.25) is 0 Å². The Hall–Kier alpha value is -0.410. The normalized spacial score (nSPS) is 35.7. The number of carbonyl (C=O) groups excluding carboxylic acids is 1. The molecule has 2 aliphatic rings. The first-order chi connectivity index (χ1) is 9.68. The van der Waals surface area contributed by atoms with Gasteiger partial charge in [-0.3, -0.25) is 4.79 Å². The summed E-state index contributed by atoms with van der Waals surface area (Å²) in [4.78, 5) is 17.2. The van der Waals surface area contributed by atoms with Crippen molar-refractivity contribution in [2.45, 2.75) is 53.0 Å². The number of hydrogen-bond acceptors (Lipinski definition) is 3. The maximum absolute atomic E-state index is 12.3. The molecule has 1 aliphatic carbocycles. The summed E-state index contributed by atoms with van der Waals surface area (Å²) in [5.41, 5.74) is 0.337. The van der Waals surface area contributed by atoms with Gasteiger partial charge in [-0.15, -0.1) is 0 Å². The lowest BCUT2D eigenvalue weighted by molar-refractivity contribution is -0.127. The highest BCUT2D eigenvalue weighted by molar-refractivity contribution is 5.82. The Morgan fingerprint density at radius 3 is 2.43 bits per heavy atom. The Morgan fingerprint density at radius 2 is 1.90 bits per heavy atom. The van der Waals surface area contributed by atoms with Gasteiger partial charge in [0.25, 0.3) is 0 Å². The summed E-state index contributed by atoms with van der Waals surface area (Å²) in [6.07, 6.45) is 2.99. The number of carbonyl (C=O) groups is 1. The Bertz CT molecular complexity index is 372. The van der Waals surface area contributed by atoms with Gasteiger partial charge in [-0.1, -0.05) is 27.7 Å². The molecule has 0 bridgehead atoms. The molecule has 3 nitrogen and oxygen atoms in total. The Morgan fingerprint density at radius 1 is 1.24 bits per heavy atom. The molecule has 1 saturated carbocycles. The van der Waals surface area contributed by atoms with E-state index in [0.29, 0.717) is 29.1 Å². The number of Topliss-reactive ketones (excluding diaryl/α,β-unsaturated/α-hetero) is 1. The molecule has 2 fully saturated rings. The molecular formula is C18H34N2O. The fourth-order valence-corrected chi connectivity index (χ4v) is 4.26. The minimum absolute atomic E-state index is 0.274. The van der Waals surface area contributed by atoms with Crippen LogP contribution in [-0.2, 0) is 4.79 Å². The van der Waals surface area contributed by atoms with Gasteiger partial charge in [-0.2, -0.15) is 0 Å². The molecule has 3 heteroatoms. The van der Waals surface area contributed by atoms with E-state index >= 15 is 0 Å². The van der Waals surface area contributed by atoms with E-state index in [1.807, 2.05) is 0 Å². The molecule has 0 aromatic heterocycles. The maximum Gasteiger partial charge on any atom is 0.137 e. The van der Waals surface area contributed by atoms with E-state index in [-0.39, 0.29) is 5.92 Å². The molecule has 4 unspecified atom stereocenters. The number of likely N-dealkylation sites (N-methyl/N-ethyl adjacent to an activating group) is 1. The van der Waals surface area contributed by atoms with E-state index in [1.54, 1.807) is 0 Å². The third-order valence-electron chi connectivity index (χ3n) is 5.78. The lowest BCUT2D eigenvalue weighted by Gasteiger charge is -2.38. The van der Waals surface area contributed by atoms with E-state index in [1.165, 1.54) is 0 Å². The average molecular weight is 294 g/mol. The second-order valence-corrected chi connectivity index (χ2v) is 8.73. The van der Waals surface area contributed by atoms with Crippen LogP contribution in [0, 0.1) is 23.2 Å². The largest absolute Gasteiger partial charge is 0.305 e. The fraction of sp³-hybridized carbons (Fsp3) is 0.944. The van der Waals surface area contributed by atoms with E-state index in [2.05, 4.69) is 51.6 Å². The van der Waals surface area contributed by atoms with Crippen LogP contribution in [0.4, 0.5) is 0 Å². The van der Waals surface area contributed by atoms with Gasteiger partial charge in [0, 0.05) is 38.0 Å². The molecule has 1 heterocycles. The SMILES string of the molecule is CC1CN(CC2CC(C(C)(C)C)CCC2=O)CC1N(C)C. The van der Waals surface area contributed by atoms with Crippen molar-refractivity contribution < 1.29 is 4.79 Å². The zero-order valence-corrected chi connectivity index (χ0v) is 14.9. The zero-order valence-electron chi connectivity index (χ0n) is 14.9. The first kappa shape index (κ1) is 17.0. The third-order valence-corrected chi connectivity index (χ3v) is 5.78. The van der Waals surface area contributed by atoms with E-state index in [4.69, 9.17) is 0 Å². The molecular weight excluding hydrogens is 260 g/mol. The van der Waals surface area contributed by atoms with Crippen LogP contribution in [0.25, 0.3) is 0 Å². The molecule has 1 aliphatic heterocycles. The molecule has 4 atom stereocenters. The Kier molecular flexibility index (Phi) is 5.15. The van der Waals surface area contributed by atoms with Gasteiger partial charge in [0.05, 0.1) is 0 Å². The fourth-order valence-electron chi connectivity index (χ4n) is 4.26. The van der Waals surface area contributed by atoms with Gasteiger partial charge < -0.3 is 9.80 Å². The van der Waals surface area contributed by atoms with Crippen molar-refractivity contribution in [1.29, 1.82) is 0 Å². The molecule has 2 rings (SSSR count). The van der Waals surface area contributed by atoms with Gasteiger partial charge in [-0.25, -0.2) is 0 Å². The maximum atomic E-state index is 12.3. The second-order valence-electron chi connectivity index (χ2n) is 8.73. The van der Waals surface area contributed by atoms with Crippen LogP contribution in [-0.4, -0.2) is 55.4 Å². The minimum Gasteiger partial charge on any atom is -0.305 e. The number of hydrogen-bond donors (Lipinski definition) is 0. The van der Waals surface area contributed by atoms with Crippen LogP contribution in [0.5, 0.6) is 0 Å². The second kappa shape index (κ2) is 6.37. The van der Waals surface area contributed by atoms with Gasteiger partial charge in [0.2, 0.25) is 0 Å². The molecule has 0 spiro atoms. The van der Waals surface area contributed by atoms with Crippen LogP contribution < -0.4 is 0 Å². The molecule has 1 saturated heterocycles. The molecule has 21 heavy (non-hydrogen) atoms.